The number of hydrazone groups is 1. The van der Waals surface area contributed by atoms with Gasteiger partial charge in [0.25, 0.3) is 5.91 Å². The lowest BCUT2D eigenvalue weighted by Crippen LogP contribution is -2.24. The van der Waals surface area contributed by atoms with E-state index >= 15 is 0 Å². The molecule has 0 heterocycles. The predicted molar refractivity (Wildman–Crippen MR) is 96.1 cm³/mol. The molecule has 0 aliphatic rings. The molecule has 120 valence electrons. The van der Waals surface area contributed by atoms with Crippen LogP contribution in [-0.4, -0.2) is 32.8 Å². The number of anilines is 1. The number of nitrogens with zero attached hydrogens (tertiary/aromatic N) is 2. The number of hydrogen-bond acceptors (Lipinski definition) is 4. The average molecular weight is 376 g/mol. The van der Waals surface area contributed by atoms with Gasteiger partial charge >= 0.3 is 0 Å². The fourth-order valence-electron chi connectivity index (χ4n) is 1.75. The van der Waals surface area contributed by atoms with Gasteiger partial charge < -0.3 is 9.64 Å². The number of amides is 1. The van der Waals surface area contributed by atoms with Crippen molar-refractivity contribution in [2.75, 3.05) is 25.6 Å². The zero-order chi connectivity index (χ0) is 16.7. The molecule has 2 rings (SSSR count). The Morgan fingerprint density at radius 2 is 1.83 bits per heavy atom. The van der Waals surface area contributed by atoms with Gasteiger partial charge in [0.1, 0.15) is 5.75 Å². The molecule has 2 aromatic carbocycles. The van der Waals surface area contributed by atoms with Gasteiger partial charge in [-0.3, -0.25) is 4.79 Å². The Kier molecular flexibility index (Phi) is 6.17. The maximum atomic E-state index is 11.7. The third-order valence-electron chi connectivity index (χ3n) is 3.00. The van der Waals surface area contributed by atoms with Crippen LogP contribution in [0.2, 0.25) is 0 Å². The smallest absolute Gasteiger partial charge is 0.277 e. The molecule has 0 bridgehead atoms. The first-order valence-electron chi connectivity index (χ1n) is 7.02. The summed E-state index contributed by atoms with van der Waals surface area (Å²) in [5.74, 6) is 0.320. The van der Waals surface area contributed by atoms with Gasteiger partial charge in [0.05, 0.1) is 6.21 Å². The zero-order valence-electron chi connectivity index (χ0n) is 13.0. The van der Waals surface area contributed by atoms with Crippen LogP contribution in [0.15, 0.2) is 58.1 Å². The molecule has 5 nitrogen and oxygen atoms in total. The highest BCUT2D eigenvalue weighted by Gasteiger charge is 2.01. The van der Waals surface area contributed by atoms with Crippen molar-refractivity contribution in [1.29, 1.82) is 0 Å². The van der Waals surface area contributed by atoms with Crippen LogP contribution in [0.1, 0.15) is 5.56 Å². The first-order chi connectivity index (χ1) is 11.0. The van der Waals surface area contributed by atoms with Crippen molar-refractivity contribution in [2.24, 2.45) is 5.10 Å². The average Bonchev–Trinajstić information content (AvgIpc) is 2.55. The van der Waals surface area contributed by atoms with E-state index in [0.29, 0.717) is 5.75 Å². The summed E-state index contributed by atoms with van der Waals surface area (Å²) in [6, 6.07) is 15.1. The number of hydrogen-bond donors (Lipinski definition) is 1. The summed E-state index contributed by atoms with van der Waals surface area (Å²) in [5, 5.41) is 3.92. The van der Waals surface area contributed by atoms with Crippen molar-refractivity contribution < 1.29 is 9.53 Å². The number of rotatable bonds is 6. The molecule has 1 amide bonds. The maximum absolute atomic E-state index is 11.7. The summed E-state index contributed by atoms with van der Waals surface area (Å²) in [4.78, 5) is 13.7. The number of halogens is 1. The molecule has 6 heteroatoms. The molecule has 0 aliphatic heterocycles. The summed E-state index contributed by atoms with van der Waals surface area (Å²) >= 11 is 3.34. The molecule has 1 N–H and O–H groups in total. The molecule has 0 unspecified atom stereocenters. The van der Waals surface area contributed by atoms with Crippen LogP contribution >= 0.6 is 15.9 Å². The van der Waals surface area contributed by atoms with Crippen molar-refractivity contribution in [3.63, 3.8) is 0 Å². The van der Waals surface area contributed by atoms with Crippen LogP contribution in [0.3, 0.4) is 0 Å². The van der Waals surface area contributed by atoms with Gasteiger partial charge in [0, 0.05) is 24.3 Å². The Morgan fingerprint density at radius 1 is 1.17 bits per heavy atom. The van der Waals surface area contributed by atoms with Crippen LogP contribution in [0, 0.1) is 0 Å². The summed E-state index contributed by atoms with van der Waals surface area (Å²) in [5.41, 5.74) is 4.45. The monoisotopic (exact) mass is 375 g/mol. The standard InChI is InChI=1S/C17H18BrN3O2/c1-21(2)15-7-3-13(4-8-15)11-19-20-17(22)12-23-16-9-5-14(18)6-10-16/h3-11H,12H2,1-2H3,(H,20,22)/b19-11-. The van der Waals surface area contributed by atoms with Crippen LogP contribution in [0.5, 0.6) is 5.75 Å². The van der Waals surface area contributed by atoms with E-state index in [0.717, 1.165) is 15.7 Å². The van der Waals surface area contributed by atoms with E-state index < -0.39 is 0 Å². The first-order valence-corrected chi connectivity index (χ1v) is 7.81. The predicted octanol–water partition coefficient (Wildman–Crippen LogP) is 3.04. The lowest BCUT2D eigenvalue weighted by Gasteiger charge is -2.11. The zero-order valence-corrected chi connectivity index (χ0v) is 14.6. The van der Waals surface area contributed by atoms with Gasteiger partial charge in [-0.2, -0.15) is 5.10 Å². The second kappa shape index (κ2) is 8.33. The lowest BCUT2D eigenvalue weighted by molar-refractivity contribution is -0.123. The number of ether oxygens (including phenoxy) is 1. The molecule has 0 radical (unpaired) electrons. The fourth-order valence-corrected chi connectivity index (χ4v) is 2.01. The molecule has 23 heavy (non-hydrogen) atoms. The minimum absolute atomic E-state index is 0.0848. The molecular formula is C17H18BrN3O2. The molecule has 0 aromatic heterocycles. The number of carbonyl (C=O) groups excluding carboxylic acids is 1. The van der Waals surface area contributed by atoms with Crippen molar-refractivity contribution in [2.45, 2.75) is 0 Å². The highest BCUT2D eigenvalue weighted by atomic mass is 79.9. The molecule has 0 saturated heterocycles. The van der Waals surface area contributed by atoms with Crippen LogP contribution in [0.25, 0.3) is 0 Å². The molecule has 0 spiro atoms. The van der Waals surface area contributed by atoms with Gasteiger partial charge in [-0.1, -0.05) is 28.1 Å². The molecule has 0 saturated carbocycles. The van der Waals surface area contributed by atoms with Gasteiger partial charge in [0.15, 0.2) is 6.61 Å². The van der Waals surface area contributed by atoms with Gasteiger partial charge in [-0.25, -0.2) is 5.43 Å². The van der Waals surface area contributed by atoms with Crippen molar-refractivity contribution in [3.8, 4) is 5.75 Å². The molecule has 0 atom stereocenters. The summed E-state index contributed by atoms with van der Waals surface area (Å²) < 4.78 is 6.31. The van der Waals surface area contributed by atoms with E-state index in [1.54, 1.807) is 18.3 Å². The van der Waals surface area contributed by atoms with E-state index in [1.807, 2.05) is 55.4 Å². The topological polar surface area (TPSA) is 53.9 Å². The molecular weight excluding hydrogens is 358 g/mol. The quantitative estimate of drug-likeness (QED) is 0.623. The minimum Gasteiger partial charge on any atom is -0.484 e. The van der Waals surface area contributed by atoms with E-state index in [-0.39, 0.29) is 12.5 Å². The van der Waals surface area contributed by atoms with E-state index in [9.17, 15) is 4.79 Å². The van der Waals surface area contributed by atoms with Crippen molar-refractivity contribution >= 4 is 33.7 Å². The number of carbonyl (C=O) groups is 1. The lowest BCUT2D eigenvalue weighted by atomic mass is 10.2. The summed E-state index contributed by atoms with van der Waals surface area (Å²) in [6.07, 6.45) is 1.59. The molecule has 2 aromatic rings. The minimum atomic E-state index is -0.311. The van der Waals surface area contributed by atoms with Crippen molar-refractivity contribution in [1.82, 2.24) is 5.43 Å². The Hall–Kier alpha value is -2.34. The third-order valence-corrected chi connectivity index (χ3v) is 3.52. The Labute approximate surface area is 144 Å². The highest BCUT2D eigenvalue weighted by molar-refractivity contribution is 9.10. The number of nitrogens with one attached hydrogen (secondary N) is 1. The summed E-state index contributed by atoms with van der Waals surface area (Å²) in [6.45, 7) is -0.0848. The largest absolute Gasteiger partial charge is 0.484 e. The van der Waals surface area contributed by atoms with E-state index in [4.69, 9.17) is 4.74 Å². The second-order valence-corrected chi connectivity index (χ2v) is 5.94. The van der Waals surface area contributed by atoms with E-state index in [2.05, 4.69) is 26.5 Å². The van der Waals surface area contributed by atoms with Crippen LogP contribution in [0.4, 0.5) is 5.69 Å². The summed E-state index contributed by atoms with van der Waals surface area (Å²) in [7, 11) is 3.96. The van der Waals surface area contributed by atoms with Gasteiger partial charge in [-0.15, -0.1) is 0 Å². The second-order valence-electron chi connectivity index (χ2n) is 5.02. The number of benzene rings is 2. The van der Waals surface area contributed by atoms with E-state index in [1.165, 1.54) is 0 Å². The highest BCUT2D eigenvalue weighted by Crippen LogP contribution is 2.15. The Bertz CT molecular complexity index is 667. The Balaban J connectivity index is 1.78. The third kappa shape index (κ3) is 5.75. The van der Waals surface area contributed by atoms with Gasteiger partial charge in [0.2, 0.25) is 0 Å². The fraction of sp³-hybridized carbons (Fsp3) is 0.176. The molecule has 0 aliphatic carbocycles. The van der Waals surface area contributed by atoms with Crippen LogP contribution < -0.4 is 15.1 Å². The van der Waals surface area contributed by atoms with Gasteiger partial charge in [-0.05, 0) is 42.0 Å². The van der Waals surface area contributed by atoms with Crippen LogP contribution in [-0.2, 0) is 4.79 Å². The normalized spacial score (nSPS) is 10.6. The maximum Gasteiger partial charge on any atom is 0.277 e. The van der Waals surface area contributed by atoms with Crippen molar-refractivity contribution in [3.05, 3.63) is 58.6 Å². The first kappa shape index (κ1) is 17.0. The molecule has 0 fully saturated rings. The Morgan fingerprint density at radius 3 is 2.43 bits per heavy atom. The SMILES string of the molecule is CN(C)c1ccc(/C=N\NC(=O)COc2ccc(Br)cc2)cc1.